The van der Waals surface area contributed by atoms with Gasteiger partial charge in [-0.15, -0.1) is 0 Å². The zero-order valence-electron chi connectivity index (χ0n) is 26.5. The minimum absolute atomic E-state index is 0.0464. The van der Waals surface area contributed by atoms with Crippen LogP contribution in [-0.2, 0) is 30.2 Å². The molecule has 50 heavy (non-hydrogen) atoms. The van der Waals surface area contributed by atoms with Crippen molar-refractivity contribution in [2.24, 2.45) is 5.73 Å². The number of carboxylic acid groups (broad SMARTS) is 1. The van der Waals surface area contributed by atoms with Crippen molar-refractivity contribution in [2.45, 2.75) is 44.4 Å². The second kappa shape index (κ2) is 14.1. The van der Waals surface area contributed by atoms with Crippen molar-refractivity contribution in [3.63, 3.8) is 0 Å². The lowest BCUT2D eigenvalue weighted by Gasteiger charge is -2.39. The number of aromatic nitrogens is 2. The van der Waals surface area contributed by atoms with Gasteiger partial charge in [-0.3, -0.25) is 23.6 Å². The molecule has 0 radical (unpaired) electrons. The summed E-state index contributed by atoms with van der Waals surface area (Å²) in [6.45, 7) is -0.126. The van der Waals surface area contributed by atoms with Gasteiger partial charge in [-0.25, -0.2) is 9.18 Å². The van der Waals surface area contributed by atoms with E-state index in [1.54, 1.807) is 30.3 Å². The van der Waals surface area contributed by atoms with Crippen molar-refractivity contribution >= 4 is 11.7 Å². The summed E-state index contributed by atoms with van der Waals surface area (Å²) in [5.41, 5.74) is 1.67. The van der Waals surface area contributed by atoms with Gasteiger partial charge < -0.3 is 15.7 Å². The van der Waals surface area contributed by atoms with Crippen LogP contribution in [0.2, 0.25) is 0 Å². The standard InChI is InChI=1S/C34H32F7N5O4/c1-20-28(43-13-15-44(16-14-43)29(31(48)49)22-9-5-10-23(17-22)33(36,37)38)30(47)46(19-27(42)21-7-3-2-4-8-21)32(50)45(20)18-24-25(34(39,40)41)11-6-12-26(24)35/h2-12,17,27,29H,13-16,18-19,42H2,1H3,(H,48,49). The number of benzene rings is 3. The molecule has 0 saturated carbocycles. The average Bonchev–Trinajstić information content (AvgIpc) is 3.06. The Hall–Kier alpha value is -4.96. The highest BCUT2D eigenvalue weighted by Crippen LogP contribution is 2.35. The Morgan fingerprint density at radius 2 is 1.46 bits per heavy atom. The monoisotopic (exact) mass is 707 g/mol. The molecule has 2 heterocycles. The van der Waals surface area contributed by atoms with Crippen LogP contribution in [0.1, 0.15) is 45.6 Å². The van der Waals surface area contributed by atoms with E-state index >= 15 is 0 Å². The summed E-state index contributed by atoms with van der Waals surface area (Å²) in [6.07, 6.45) is -9.66. The van der Waals surface area contributed by atoms with E-state index in [1.165, 1.54) is 22.8 Å². The van der Waals surface area contributed by atoms with Gasteiger partial charge in [0.2, 0.25) is 0 Å². The molecule has 5 rings (SSSR count). The summed E-state index contributed by atoms with van der Waals surface area (Å²) < 4.78 is 98.6. The Balaban J connectivity index is 1.55. The minimum atomic E-state index is -4.96. The van der Waals surface area contributed by atoms with E-state index in [9.17, 15) is 50.2 Å². The third kappa shape index (κ3) is 7.45. The van der Waals surface area contributed by atoms with E-state index in [4.69, 9.17) is 5.73 Å². The van der Waals surface area contributed by atoms with E-state index in [1.807, 2.05) is 0 Å². The summed E-state index contributed by atoms with van der Waals surface area (Å²) in [6, 6.07) is 12.5. The maximum Gasteiger partial charge on any atom is 0.416 e. The molecule has 1 aliphatic rings. The van der Waals surface area contributed by atoms with E-state index < -0.39 is 70.7 Å². The van der Waals surface area contributed by atoms with Gasteiger partial charge >= 0.3 is 24.0 Å². The maximum absolute atomic E-state index is 15.0. The molecule has 2 unspecified atom stereocenters. The fourth-order valence-electron chi connectivity index (χ4n) is 6.24. The zero-order valence-corrected chi connectivity index (χ0v) is 26.5. The Morgan fingerprint density at radius 1 is 0.840 bits per heavy atom. The highest BCUT2D eigenvalue weighted by atomic mass is 19.4. The van der Waals surface area contributed by atoms with Gasteiger partial charge in [-0.05, 0) is 42.3 Å². The van der Waals surface area contributed by atoms with Crippen molar-refractivity contribution < 1.29 is 40.6 Å². The predicted molar refractivity (Wildman–Crippen MR) is 169 cm³/mol. The Kier molecular flexibility index (Phi) is 10.3. The van der Waals surface area contributed by atoms with Gasteiger partial charge in [-0.1, -0.05) is 48.5 Å². The van der Waals surface area contributed by atoms with Crippen LogP contribution >= 0.6 is 0 Å². The van der Waals surface area contributed by atoms with Crippen LogP contribution in [0.3, 0.4) is 0 Å². The molecule has 16 heteroatoms. The first kappa shape index (κ1) is 36.3. The first-order chi connectivity index (χ1) is 23.5. The van der Waals surface area contributed by atoms with Gasteiger partial charge in [0.05, 0.1) is 24.2 Å². The summed E-state index contributed by atoms with van der Waals surface area (Å²) in [7, 11) is 0. The number of nitrogens with two attached hydrogens (primary N) is 1. The third-order valence-corrected chi connectivity index (χ3v) is 8.76. The number of hydrogen-bond acceptors (Lipinski definition) is 6. The molecule has 0 bridgehead atoms. The molecular weight excluding hydrogens is 675 g/mol. The number of hydrogen-bond donors (Lipinski definition) is 2. The van der Waals surface area contributed by atoms with Crippen LogP contribution < -0.4 is 21.9 Å². The molecule has 4 aromatic rings. The summed E-state index contributed by atoms with van der Waals surface area (Å²) in [4.78, 5) is 43.2. The normalized spacial score (nSPS) is 15.6. The maximum atomic E-state index is 15.0. The van der Waals surface area contributed by atoms with Gasteiger partial charge in [0, 0.05) is 43.5 Å². The Bertz CT molecular complexity index is 1990. The number of nitrogens with zero attached hydrogens (tertiary/aromatic N) is 4. The molecule has 1 saturated heterocycles. The molecule has 0 aliphatic carbocycles. The molecular formula is C34H32F7N5O4. The molecule has 266 valence electrons. The van der Waals surface area contributed by atoms with Crippen molar-refractivity contribution in [3.05, 3.63) is 133 Å². The lowest BCUT2D eigenvalue weighted by molar-refractivity contribution is -0.144. The molecule has 9 nitrogen and oxygen atoms in total. The van der Waals surface area contributed by atoms with Crippen molar-refractivity contribution in [1.82, 2.24) is 14.0 Å². The first-order valence-electron chi connectivity index (χ1n) is 15.4. The van der Waals surface area contributed by atoms with Gasteiger partial charge in [0.15, 0.2) is 0 Å². The second-order valence-corrected chi connectivity index (χ2v) is 11.9. The number of halogens is 7. The topological polar surface area (TPSA) is 114 Å². The molecule has 1 aliphatic heterocycles. The van der Waals surface area contributed by atoms with Crippen LogP contribution in [0.25, 0.3) is 0 Å². The van der Waals surface area contributed by atoms with Crippen LogP contribution in [0.5, 0.6) is 0 Å². The van der Waals surface area contributed by atoms with Gasteiger partial charge in [-0.2, -0.15) is 26.3 Å². The summed E-state index contributed by atoms with van der Waals surface area (Å²) in [5, 5.41) is 10.0. The van der Waals surface area contributed by atoms with Crippen molar-refractivity contribution in [3.8, 4) is 0 Å². The highest BCUT2D eigenvalue weighted by molar-refractivity contribution is 5.75. The lowest BCUT2D eigenvalue weighted by atomic mass is 10.0. The molecule has 1 aromatic heterocycles. The van der Waals surface area contributed by atoms with Crippen molar-refractivity contribution in [1.29, 1.82) is 0 Å². The predicted octanol–water partition coefficient (Wildman–Crippen LogP) is 5.19. The number of piperazine rings is 1. The van der Waals surface area contributed by atoms with Crippen LogP contribution in [-0.4, -0.2) is 51.3 Å². The largest absolute Gasteiger partial charge is 0.480 e. The van der Waals surface area contributed by atoms with E-state index in [0.29, 0.717) is 11.6 Å². The molecule has 3 N–H and O–H groups in total. The molecule has 0 amide bonds. The number of rotatable bonds is 9. The minimum Gasteiger partial charge on any atom is -0.480 e. The van der Waals surface area contributed by atoms with Gasteiger partial charge in [0.25, 0.3) is 5.56 Å². The zero-order chi connectivity index (χ0) is 36.5. The smallest absolute Gasteiger partial charge is 0.416 e. The molecule has 1 fully saturated rings. The number of carboxylic acids is 1. The average molecular weight is 708 g/mol. The molecule has 0 spiro atoms. The number of anilines is 1. The highest BCUT2D eigenvalue weighted by Gasteiger charge is 2.37. The lowest BCUT2D eigenvalue weighted by Crippen LogP contribution is -2.53. The SMILES string of the molecule is Cc1c(N2CCN(C(C(=O)O)c3cccc(C(F)(F)F)c3)CC2)c(=O)n(CC(N)c2ccccc2)c(=O)n1Cc1c(F)cccc1C(F)(F)F. The molecule has 3 aromatic carbocycles. The summed E-state index contributed by atoms with van der Waals surface area (Å²) >= 11 is 0. The van der Waals surface area contributed by atoms with Crippen LogP contribution in [0, 0.1) is 12.7 Å². The fourth-order valence-corrected chi connectivity index (χ4v) is 6.24. The first-order valence-corrected chi connectivity index (χ1v) is 15.4. The van der Waals surface area contributed by atoms with E-state index in [-0.39, 0.29) is 49.7 Å². The number of aliphatic carboxylic acids is 1. The Morgan fingerprint density at radius 3 is 2.06 bits per heavy atom. The number of carbonyl (C=O) groups is 1. The number of alkyl halides is 6. The molecule has 2 atom stereocenters. The van der Waals surface area contributed by atoms with E-state index in [0.717, 1.165) is 39.5 Å². The summed E-state index contributed by atoms with van der Waals surface area (Å²) in [5.74, 6) is -2.61. The Labute approximate surface area is 280 Å². The van der Waals surface area contributed by atoms with Crippen molar-refractivity contribution in [2.75, 3.05) is 31.1 Å². The fraction of sp³-hybridized carbons (Fsp3) is 0.324. The van der Waals surface area contributed by atoms with Crippen LogP contribution in [0.4, 0.5) is 36.4 Å². The second-order valence-electron chi connectivity index (χ2n) is 11.9. The third-order valence-electron chi connectivity index (χ3n) is 8.76. The van der Waals surface area contributed by atoms with Gasteiger partial charge in [0.1, 0.15) is 17.5 Å². The quantitative estimate of drug-likeness (QED) is 0.230. The van der Waals surface area contributed by atoms with Crippen LogP contribution in [0.15, 0.2) is 82.4 Å². The van der Waals surface area contributed by atoms with E-state index in [2.05, 4.69) is 0 Å².